The van der Waals surface area contributed by atoms with Crippen LogP contribution in [-0.4, -0.2) is 345 Å². The molecule has 0 radical (unpaired) electrons. The molecule has 143 heavy (non-hydrogen) atoms. The predicted octanol–water partition coefficient (Wildman–Crippen LogP) is -1.46. The molecule has 58 nitrogen and oxygen atoms in total. The maximum Gasteiger partial charge on any atom is 0.351 e. The summed E-state index contributed by atoms with van der Waals surface area (Å²) in [6, 6.07) is 0. The lowest BCUT2D eigenvalue weighted by molar-refractivity contribution is -0.0841. The van der Waals surface area contributed by atoms with E-state index in [0.29, 0.717) is 16.7 Å². The van der Waals surface area contributed by atoms with Crippen molar-refractivity contribution in [2.45, 2.75) is 182 Å². The Hall–Kier alpha value is -6.61. The van der Waals surface area contributed by atoms with Gasteiger partial charge in [0.15, 0.2) is 54.1 Å². The maximum absolute atomic E-state index is 14.2. The fourth-order valence-electron chi connectivity index (χ4n) is 16.1. The number of nitrogen functional groups attached to an aromatic ring is 5. The van der Waals surface area contributed by atoms with Crippen molar-refractivity contribution in [2.24, 2.45) is 0 Å². The average molecular weight is 2210 g/mol. The van der Waals surface area contributed by atoms with Gasteiger partial charge >= 0.3 is 56.4 Å². The largest absolute Gasteiger partial charge is 0.387 e. The number of hydrogen-bond donors (Lipinski definition) is 12. The third-order valence-corrected chi connectivity index (χ3v) is 31.0. The summed E-state index contributed by atoms with van der Waals surface area (Å²) in [7, 11) is 6.89. The van der Waals surface area contributed by atoms with Crippen LogP contribution in [0.15, 0.2) is 74.1 Å². The minimum Gasteiger partial charge on any atom is -0.387 e. The number of aliphatic hydroxyl groups excluding tert-OH is 1. The van der Waals surface area contributed by atoms with Crippen LogP contribution >= 0.6 is 33.6 Å². The van der Waals surface area contributed by atoms with Gasteiger partial charge in [-0.25, -0.2) is 49.1 Å². The number of hydrogen-bond acceptors (Lipinski definition) is 51. The van der Waals surface area contributed by atoms with Crippen LogP contribution in [0.3, 0.4) is 0 Å². The fraction of sp³-hybridized carbons (Fsp3) is 0.653. The molecule has 792 valence electrons. The smallest absolute Gasteiger partial charge is 0.351 e. The van der Waals surface area contributed by atoms with Crippen molar-refractivity contribution in [3.05, 3.63) is 125 Å². The molecular formula is C75H110N21O37P5S5. The summed E-state index contributed by atoms with van der Waals surface area (Å²) in [5.41, 5.74) is 27.7. The van der Waals surface area contributed by atoms with Gasteiger partial charge in [0.2, 0.25) is 0 Å². The number of fused-ring (bicyclic) bond motifs is 2. The third kappa shape index (κ3) is 26.9. The van der Waals surface area contributed by atoms with Gasteiger partial charge in [-0.15, -0.1) is 0 Å². The summed E-state index contributed by atoms with van der Waals surface area (Å²) < 4.78 is 167. The van der Waals surface area contributed by atoms with E-state index in [2.05, 4.69) is 49.8 Å². The number of aromatic amines is 1. The van der Waals surface area contributed by atoms with Gasteiger partial charge in [0, 0.05) is 89.0 Å². The maximum atomic E-state index is 14.2. The van der Waals surface area contributed by atoms with E-state index in [-0.39, 0.29) is 129 Å². The summed E-state index contributed by atoms with van der Waals surface area (Å²) in [5.74, 6) is -0.303. The Morgan fingerprint density at radius 2 is 0.678 bits per heavy atom. The molecular weight excluding hydrogens is 2100 g/mol. The second-order valence-electron chi connectivity index (χ2n) is 32.9. The lowest BCUT2D eigenvalue weighted by Crippen LogP contribution is -2.42. The topological polar surface area (TPSA) is 738 Å². The Bertz CT molecular complexity index is 6350. The lowest BCUT2D eigenvalue weighted by Gasteiger charge is -2.31. The molecule has 14 rings (SSSR count). The van der Waals surface area contributed by atoms with Crippen LogP contribution in [0.4, 0.5) is 29.1 Å². The van der Waals surface area contributed by atoms with Crippen LogP contribution in [-0.2, 0) is 180 Å². The van der Waals surface area contributed by atoms with Crippen LogP contribution in [0.25, 0.3) is 22.3 Å². The first kappa shape index (κ1) is 112. The fourth-order valence-corrected chi connectivity index (χ4v) is 23.4. The van der Waals surface area contributed by atoms with E-state index in [0.717, 1.165) is 24.5 Å². The molecule has 0 bridgehead atoms. The number of ether oxygens (including phenoxy) is 16. The summed E-state index contributed by atoms with van der Waals surface area (Å²) in [4.78, 5) is 171. The highest BCUT2D eigenvalue weighted by atomic mass is 32.5. The lowest BCUT2D eigenvalue weighted by atomic mass is 10.1. The molecule has 14 heterocycles. The number of anilines is 5. The van der Waals surface area contributed by atoms with Crippen molar-refractivity contribution in [1.82, 2.24) is 77.2 Å². The summed E-state index contributed by atoms with van der Waals surface area (Å²) in [6.07, 6.45) is -23.9. The van der Waals surface area contributed by atoms with E-state index in [1.165, 1.54) is 105 Å². The molecule has 68 heteroatoms. The molecule has 0 spiro atoms. The van der Waals surface area contributed by atoms with Crippen LogP contribution in [0, 0.1) is 27.7 Å². The van der Waals surface area contributed by atoms with Gasteiger partial charge in [0.05, 0.1) is 124 Å². The van der Waals surface area contributed by atoms with Gasteiger partial charge in [-0.2, -0.15) is 15.0 Å². The Labute approximate surface area is 837 Å². The number of aryl methyl sites for hydroxylation is 4. The molecule has 0 aliphatic carbocycles. The van der Waals surface area contributed by atoms with E-state index in [9.17, 15) is 53.5 Å². The first-order valence-electron chi connectivity index (χ1n) is 43.6. The highest BCUT2D eigenvalue weighted by Gasteiger charge is 2.58. The van der Waals surface area contributed by atoms with Crippen LogP contribution < -0.4 is 57.0 Å². The van der Waals surface area contributed by atoms with Crippen molar-refractivity contribution in [1.29, 1.82) is 0 Å². The minimum absolute atomic E-state index is 0.0174. The molecule has 0 aromatic carbocycles. The Kier molecular flexibility index (Phi) is 38.0. The molecule has 8 aromatic rings. The molecule has 28 atom stereocenters. The van der Waals surface area contributed by atoms with Crippen molar-refractivity contribution in [3.8, 4) is 0 Å². The molecule has 8 aromatic heterocycles. The van der Waals surface area contributed by atoms with Gasteiger partial charge in [-0.1, -0.05) is 0 Å². The molecule has 6 aliphatic heterocycles. The molecule has 6 saturated heterocycles. The average Bonchev–Trinajstić information content (AvgIpc) is 1.60. The van der Waals surface area contributed by atoms with Gasteiger partial charge < -0.3 is 161 Å². The van der Waals surface area contributed by atoms with Crippen molar-refractivity contribution >= 4 is 144 Å². The Morgan fingerprint density at radius 1 is 0.378 bits per heavy atom. The number of nitrogens with two attached hydrogens (primary N) is 5. The molecule has 6 fully saturated rings. The number of nitrogens with zero attached hydrogens (tertiary/aromatic N) is 15. The second-order valence-corrected chi connectivity index (χ2v) is 46.8. The second kappa shape index (κ2) is 48.6. The van der Waals surface area contributed by atoms with Crippen LogP contribution in [0.5, 0.6) is 0 Å². The van der Waals surface area contributed by atoms with Crippen LogP contribution in [0.1, 0.15) is 73.0 Å². The van der Waals surface area contributed by atoms with Gasteiger partial charge in [0.25, 0.3) is 5.56 Å². The molecule has 17 N–H and O–H groups in total. The summed E-state index contributed by atoms with van der Waals surface area (Å²) >= 11 is 29.0. The quantitative estimate of drug-likeness (QED) is 0.0153. The number of methoxy groups -OCH3 is 5. The number of nitrogens with one attached hydrogen (secondary N) is 1. The number of H-pyrrole nitrogens is 1. The van der Waals surface area contributed by atoms with Crippen LogP contribution in [0.2, 0.25) is 0 Å². The Balaban J connectivity index is 0.750. The molecule has 10 unspecified atom stereocenters. The molecule has 0 amide bonds. The molecule has 6 aliphatic rings. The predicted molar refractivity (Wildman–Crippen MR) is 513 cm³/mol. The first-order valence-corrected chi connectivity index (χ1v) is 56.6. The zero-order valence-corrected chi connectivity index (χ0v) is 86.5. The normalized spacial score (nSPS) is 29.4. The SMILES string of the molecule is COCCOC1[C@@H](O)[C@@H](COP(O)(=S)O[C@@H]2C(OCCOC)[C@H](n3cc(C)c(N)nc3=O)O[C@@H]2COP(O)(=S)O[C@@H]2C(OCCOC)[C@H](n3cc(C)c(N)nc3=O)O[C@@H]2COP(O)(=S)O[C@@H]2C(OCCOC)[C@H](n3cc(C)c(=O)[nH]c3=O)O[C@@H]2COP(O)(=S)O[C@@H]2C(OCCOC)[C@H](n3cnc4c(N)ncnc43)O[C@@H]2COP(O)(=S)O[C@@H]2C[C@H](n3cnc4c(N)ncnc43)O[C@@H]2C)O[C@H]1n1cc(C)c(N)nc1=O. The highest BCUT2D eigenvalue weighted by molar-refractivity contribution is 8.08. The zero-order chi connectivity index (χ0) is 103. The van der Waals surface area contributed by atoms with Gasteiger partial charge in [0.1, 0.15) is 139 Å². The van der Waals surface area contributed by atoms with Crippen molar-refractivity contribution in [3.63, 3.8) is 0 Å². The Morgan fingerprint density at radius 3 is 1.04 bits per heavy atom. The third-order valence-electron chi connectivity index (χ3n) is 23.2. The number of aliphatic hydroxyl groups is 1. The highest BCUT2D eigenvalue weighted by Crippen LogP contribution is 2.58. The standard InChI is InChI=1S/C75H110N21O37P5S5/c1-35-22-91(72(99)87-59(35)76)67-54(113-16-11-108-6)49(97)41(124-67)26-118-135(104,140)130-50-42(125-68(55(50)114-17-12-109-7)92-23-36(2)60(77)88-73(92)100)28-120-136(105,141)131-51-43(126-69(56(51)115-18-13-110-8)93-24-37(3)61(78)89-74(93)101)29-121-137(106,142)132-52-44(127-70(57(52)116-19-14-111-9)94-25-38(4)66(98)90-75(94)102)30-122-138(107,143)133-53-45(128-71(58(53)117-20-15-112-10)96-34-86-48-63(80)82-32-84-65(48)96)27-119-134(103,139)129-40-21-46(123-39(40)5)95-33-85-47-62(79)81-31-83-64(47)95/h22-25,31-34,39-46,49-58,67-71,97H,11-21,26-30H2,1-10H3,(H,103,139)(H,104,140)(H,105,141)(H,106,142)(H,107,143)(H2,76,87,99)(H2,77,88,100)(H2,78,89,101)(H2,79,81,83)(H2,80,82,84)(H,90,98,102)/t39-,40-,41-,42-,43-,44-,45-,46-,49+,50+,51+,52+,53+,54?,55?,56?,57?,58?,67-,68-,69-,70-,71-,134?,135?,136?,137?,138?/m1/s1. The minimum atomic E-state index is -5.06. The van der Waals surface area contributed by atoms with E-state index in [4.69, 9.17) is 209 Å². The summed E-state index contributed by atoms with van der Waals surface area (Å²) in [6.45, 7) is -22.3. The van der Waals surface area contributed by atoms with E-state index in [1.54, 1.807) is 18.4 Å². The van der Waals surface area contributed by atoms with Crippen molar-refractivity contribution in [2.75, 3.05) is 163 Å². The summed E-state index contributed by atoms with van der Waals surface area (Å²) in [5, 5.41) is 11.8. The zero-order valence-electron chi connectivity index (χ0n) is 77.9. The first-order chi connectivity index (χ1) is 67.9. The van der Waals surface area contributed by atoms with Gasteiger partial charge in [-0.3, -0.25) is 55.3 Å². The van der Waals surface area contributed by atoms with Crippen molar-refractivity contribution < 1.29 is 151 Å². The van der Waals surface area contributed by atoms with Gasteiger partial charge in [-0.05, 0) is 93.7 Å². The van der Waals surface area contributed by atoms with E-state index < -0.39 is 236 Å². The number of imidazole rings is 2. The monoisotopic (exact) mass is 2210 g/mol. The van der Waals surface area contributed by atoms with E-state index in [1.807, 2.05) is 0 Å². The number of aromatic nitrogens is 16. The number of rotatable bonds is 51. The molecule has 0 saturated carbocycles. The van der Waals surface area contributed by atoms with E-state index >= 15 is 0 Å².